The molecule has 2 heterocycles. The number of hydrogen-bond acceptors (Lipinski definition) is 7. The van der Waals surface area contributed by atoms with Crippen molar-refractivity contribution in [1.82, 2.24) is 10.2 Å². The largest absolute Gasteiger partial charge is 0.497 e. The van der Waals surface area contributed by atoms with Gasteiger partial charge in [-0.2, -0.15) is 0 Å². The van der Waals surface area contributed by atoms with Crippen molar-refractivity contribution in [1.29, 1.82) is 0 Å². The van der Waals surface area contributed by atoms with E-state index in [4.69, 9.17) is 9.47 Å². The number of carbonyl (C=O) groups is 1. The highest BCUT2D eigenvalue weighted by atomic mass is 32.2. The van der Waals surface area contributed by atoms with Gasteiger partial charge < -0.3 is 14.8 Å². The van der Waals surface area contributed by atoms with Crippen LogP contribution in [0.3, 0.4) is 0 Å². The van der Waals surface area contributed by atoms with Crippen molar-refractivity contribution in [2.45, 2.75) is 48.5 Å². The zero-order chi connectivity index (χ0) is 24.3. The summed E-state index contributed by atoms with van der Waals surface area (Å²) in [5.74, 6) is 1.76. The summed E-state index contributed by atoms with van der Waals surface area (Å²) in [6, 6.07) is 13.5. The van der Waals surface area contributed by atoms with E-state index in [2.05, 4.69) is 16.3 Å². The minimum atomic E-state index is -3.05. The molecule has 3 atom stereocenters. The topological polar surface area (TPSA) is 84.9 Å². The van der Waals surface area contributed by atoms with Crippen LogP contribution in [0.5, 0.6) is 11.5 Å². The Morgan fingerprint density at radius 2 is 1.91 bits per heavy atom. The molecule has 2 saturated heterocycles. The second kappa shape index (κ2) is 10.6. The fourth-order valence-electron chi connectivity index (χ4n) is 4.72. The van der Waals surface area contributed by atoms with E-state index >= 15 is 0 Å². The van der Waals surface area contributed by atoms with E-state index in [1.807, 2.05) is 43.3 Å². The van der Waals surface area contributed by atoms with Gasteiger partial charge >= 0.3 is 0 Å². The van der Waals surface area contributed by atoms with Crippen LogP contribution in [0.4, 0.5) is 0 Å². The standard InChI is InChI=1S/C25H32N2O5S2/c1-17-12-18(4-9-24(17)32-3)14-27-15-22(33-21-7-5-20(31-2)6-8-21)13-23(27)25(28)26-19-10-11-34(29,30)16-19/h4-9,12,19,22-23H,10-11,13-16H2,1-3H3,(H,26,28)/t19-,22-,23+/m1/s1. The van der Waals surface area contributed by atoms with E-state index in [-0.39, 0.29) is 34.7 Å². The molecule has 0 bridgehead atoms. The maximum Gasteiger partial charge on any atom is 0.237 e. The third kappa shape index (κ3) is 6.06. The van der Waals surface area contributed by atoms with Crippen LogP contribution in [0.25, 0.3) is 0 Å². The van der Waals surface area contributed by atoms with Gasteiger partial charge in [0.25, 0.3) is 0 Å². The smallest absolute Gasteiger partial charge is 0.237 e. The van der Waals surface area contributed by atoms with Crippen LogP contribution in [0, 0.1) is 6.92 Å². The number of carbonyl (C=O) groups excluding carboxylic acids is 1. The van der Waals surface area contributed by atoms with Gasteiger partial charge in [-0.15, -0.1) is 11.8 Å². The Kier molecular flexibility index (Phi) is 7.74. The number of hydrogen-bond donors (Lipinski definition) is 1. The summed E-state index contributed by atoms with van der Waals surface area (Å²) in [7, 11) is 0.259. The SMILES string of the molecule is COc1ccc(S[C@@H]2C[C@@H](C(=O)N[C@@H]3CCS(=O)(=O)C3)N(Cc3ccc(OC)c(C)c3)C2)cc1. The number of methoxy groups -OCH3 is 2. The first-order valence-corrected chi connectivity index (χ1v) is 14.2. The van der Waals surface area contributed by atoms with Gasteiger partial charge in [-0.25, -0.2) is 8.42 Å². The lowest BCUT2D eigenvalue weighted by atomic mass is 10.1. The van der Waals surface area contributed by atoms with E-state index in [0.717, 1.165) is 34.1 Å². The minimum Gasteiger partial charge on any atom is -0.497 e. The average molecular weight is 505 g/mol. The molecule has 0 saturated carbocycles. The number of benzene rings is 2. The summed E-state index contributed by atoms with van der Waals surface area (Å²) >= 11 is 1.76. The second-order valence-corrected chi connectivity index (χ2v) is 12.6. The summed E-state index contributed by atoms with van der Waals surface area (Å²) in [5, 5.41) is 3.26. The average Bonchev–Trinajstić information content (AvgIpc) is 3.36. The highest BCUT2D eigenvalue weighted by Crippen LogP contribution is 2.35. The molecule has 4 rings (SSSR count). The molecule has 0 spiro atoms. The minimum absolute atomic E-state index is 0.0349. The fraction of sp³-hybridized carbons (Fsp3) is 0.480. The lowest BCUT2D eigenvalue weighted by Crippen LogP contribution is -2.47. The normalized spacial score (nSPS) is 24.1. The Labute approximate surface area is 206 Å². The van der Waals surface area contributed by atoms with Crippen LogP contribution >= 0.6 is 11.8 Å². The first-order valence-electron chi connectivity index (χ1n) is 11.5. The van der Waals surface area contributed by atoms with Gasteiger partial charge in [0.1, 0.15) is 11.5 Å². The Balaban J connectivity index is 1.48. The Hall–Kier alpha value is -2.23. The van der Waals surface area contributed by atoms with Gasteiger partial charge in [0, 0.05) is 29.3 Å². The van der Waals surface area contributed by atoms with Gasteiger partial charge in [-0.05, 0) is 61.2 Å². The maximum atomic E-state index is 13.3. The lowest BCUT2D eigenvalue weighted by Gasteiger charge is -2.25. The number of rotatable bonds is 8. The molecule has 1 N–H and O–H groups in total. The molecule has 2 aliphatic heterocycles. The fourth-order valence-corrected chi connectivity index (χ4v) is 7.62. The molecule has 2 aliphatic rings. The number of likely N-dealkylation sites (tertiary alicyclic amines) is 1. The molecule has 7 nitrogen and oxygen atoms in total. The molecule has 0 unspecified atom stereocenters. The molecular formula is C25H32N2O5S2. The van der Waals surface area contributed by atoms with Crippen LogP contribution in [-0.4, -0.2) is 68.8 Å². The van der Waals surface area contributed by atoms with E-state index in [1.165, 1.54) is 0 Å². The van der Waals surface area contributed by atoms with E-state index < -0.39 is 9.84 Å². The number of nitrogens with zero attached hydrogens (tertiary/aromatic N) is 1. The van der Waals surface area contributed by atoms with Gasteiger partial charge in [-0.3, -0.25) is 9.69 Å². The Morgan fingerprint density at radius 1 is 1.15 bits per heavy atom. The molecule has 0 radical (unpaired) electrons. The Morgan fingerprint density at radius 3 is 2.53 bits per heavy atom. The Bertz CT molecular complexity index is 1120. The van der Waals surface area contributed by atoms with Crippen molar-refractivity contribution in [3.05, 3.63) is 53.6 Å². The van der Waals surface area contributed by atoms with Gasteiger partial charge in [0.05, 0.1) is 31.8 Å². The van der Waals surface area contributed by atoms with Crippen molar-refractivity contribution in [2.75, 3.05) is 32.3 Å². The highest BCUT2D eigenvalue weighted by molar-refractivity contribution is 8.00. The van der Waals surface area contributed by atoms with Crippen LogP contribution in [0.15, 0.2) is 47.4 Å². The zero-order valence-electron chi connectivity index (χ0n) is 19.8. The second-order valence-electron chi connectivity index (χ2n) is 9.01. The summed E-state index contributed by atoms with van der Waals surface area (Å²) in [6.45, 7) is 3.42. The van der Waals surface area contributed by atoms with Crippen LogP contribution in [-0.2, 0) is 21.2 Å². The molecular weight excluding hydrogens is 472 g/mol. The molecule has 9 heteroatoms. The van der Waals surface area contributed by atoms with Crippen molar-refractivity contribution < 1.29 is 22.7 Å². The first kappa shape index (κ1) is 24.9. The van der Waals surface area contributed by atoms with E-state index in [9.17, 15) is 13.2 Å². The summed E-state index contributed by atoms with van der Waals surface area (Å²) in [6.07, 6.45) is 1.19. The van der Waals surface area contributed by atoms with Crippen LogP contribution in [0.2, 0.25) is 0 Å². The zero-order valence-corrected chi connectivity index (χ0v) is 21.5. The molecule has 2 fully saturated rings. The third-order valence-electron chi connectivity index (χ3n) is 6.45. The molecule has 0 aliphatic carbocycles. The first-order chi connectivity index (χ1) is 16.3. The summed E-state index contributed by atoms with van der Waals surface area (Å²) in [5.41, 5.74) is 2.18. The third-order valence-corrected chi connectivity index (χ3v) is 9.44. The van der Waals surface area contributed by atoms with E-state index in [1.54, 1.807) is 26.0 Å². The quantitative estimate of drug-likeness (QED) is 0.591. The predicted molar refractivity (Wildman–Crippen MR) is 134 cm³/mol. The van der Waals surface area contributed by atoms with Crippen molar-refractivity contribution in [2.24, 2.45) is 0 Å². The van der Waals surface area contributed by atoms with Crippen LogP contribution < -0.4 is 14.8 Å². The number of amides is 1. The monoisotopic (exact) mass is 504 g/mol. The van der Waals surface area contributed by atoms with Gasteiger partial charge in [0.15, 0.2) is 9.84 Å². The number of nitrogens with one attached hydrogen (secondary N) is 1. The van der Waals surface area contributed by atoms with Crippen LogP contribution in [0.1, 0.15) is 24.0 Å². The summed E-state index contributed by atoms with van der Waals surface area (Å²) < 4.78 is 34.3. The molecule has 1 amide bonds. The number of sulfone groups is 1. The molecule has 184 valence electrons. The lowest BCUT2D eigenvalue weighted by molar-refractivity contribution is -0.126. The van der Waals surface area contributed by atoms with Crippen molar-refractivity contribution in [3.63, 3.8) is 0 Å². The number of ether oxygens (including phenoxy) is 2. The van der Waals surface area contributed by atoms with Crippen molar-refractivity contribution in [3.8, 4) is 11.5 Å². The summed E-state index contributed by atoms with van der Waals surface area (Å²) in [4.78, 5) is 16.6. The number of thioether (sulfide) groups is 1. The predicted octanol–water partition coefficient (Wildman–Crippen LogP) is 3.05. The van der Waals surface area contributed by atoms with E-state index in [0.29, 0.717) is 19.4 Å². The molecule has 2 aromatic carbocycles. The van der Waals surface area contributed by atoms with Gasteiger partial charge in [-0.1, -0.05) is 12.1 Å². The molecule has 0 aromatic heterocycles. The number of aryl methyl sites for hydroxylation is 1. The highest BCUT2D eigenvalue weighted by Gasteiger charge is 2.39. The van der Waals surface area contributed by atoms with Crippen molar-refractivity contribution >= 4 is 27.5 Å². The van der Waals surface area contributed by atoms with Gasteiger partial charge in [0.2, 0.25) is 5.91 Å². The molecule has 34 heavy (non-hydrogen) atoms. The maximum absolute atomic E-state index is 13.3. The molecule has 2 aromatic rings.